The molecular weight excluding hydrogens is 306 g/mol. The summed E-state index contributed by atoms with van der Waals surface area (Å²) in [6.07, 6.45) is 1.73. The Balaban J connectivity index is 2.15. The minimum atomic E-state index is -0.434. The molecule has 0 spiro atoms. The van der Waals surface area contributed by atoms with Crippen molar-refractivity contribution in [1.29, 1.82) is 0 Å². The van der Waals surface area contributed by atoms with E-state index in [-0.39, 0.29) is 17.6 Å². The lowest BCUT2D eigenvalue weighted by Crippen LogP contribution is -2.45. The summed E-state index contributed by atoms with van der Waals surface area (Å²) in [4.78, 5) is 25.8. The van der Waals surface area contributed by atoms with Crippen molar-refractivity contribution in [3.8, 4) is 0 Å². The van der Waals surface area contributed by atoms with Gasteiger partial charge in [0.15, 0.2) is 0 Å². The van der Waals surface area contributed by atoms with Crippen LogP contribution in [0.5, 0.6) is 0 Å². The van der Waals surface area contributed by atoms with Gasteiger partial charge in [0, 0.05) is 45.2 Å². The van der Waals surface area contributed by atoms with E-state index in [0.717, 1.165) is 37.2 Å². The number of carbonyl (C=O) groups is 1. The summed E-state index contributed by atoms with van der Waals surface area (Å²) >= 11 is 6.25. The zero-order valence-corrected chi connectivity index (χ0v) is 13.8. The number of nitro benzene ring substituents is 1. The van der Waals surface area contributed by atoms with Gasteiger partial charge >= 0.3 is 0 Å². The molecule has 1 fully saturated rings. The Kier molecular flexibility index (Phi) is 4.90. The summed E-state index contributed by atoms with van der Waals surface area (Å²) in [6, 6.07) is 3.19. The van der Waals surface area contributed by atoms with Crippen molar-refractivity contribution in [3.63, 3.8) is 0 Å². The number of nitro groups is 1. The van der Waals surface area contributed by atoms with Gasteiger partial charge in [-0.3, -0.25) is 14.9 Å². The third-order valence-electron chi connectivity index (χ3n) is 4.27. The van der Waals surface area contributed by atoms with Crippen molar-refractivity contribution in [2.75, 3.05) is 25.0 Å². The Bertz CT molecular complexity index is 575. The van der Waals surface area contributed by atoms with Crippen LogP contribution >= 0.6 is 11.6 Å². The highest BCUT2D eigenvalue weighted by Crippen LogP contribution is 2.35. The molecule has 0 saturated carbocycles. The minimum Gasteiger partial charge on any atom is -0.370 e. The van der Waals surface area contributed by atoms with Gasteiger partial charge in [-0.15, -0.1) is 0 Å². The summed E-state index contributed by atoms with van der Waals surface area (Å²) in [6.45, 7) is 4.97. The molecule has 0 bridgehead atoms. The first-order chi connectivity index (χ1) is 10.3. The third kappa shape index (κ3) is 3.32. The molecule has 1 aliphatic rings. The Morgan fingerprint density at radius 1 is 1.41 bits per heavy atom. The summed E-state index contributed by atoms with van der Waals surface area (Å²) < 4.78 is 0. The van der Waals surface area contributed by atoms with Gasteiger partial charge in [-0.25, -0.2) is 0 Å². The highest BCUT2D eigenvalue weighted by atomic mass is 35.5. The SMILES string of the molecule is CC(=O)N(C)C1CCN(c2c(C)cc([N+](=O)[O-])cc2Cl)CC1. The molecule has 0 aliphatic carbocycles. The van der Waals surface area contributed by atoms with Crippen LogP contribution in [0.2, 0.25) is 5.02 Å². The number of anilines is 1. The molecule has 1 amide bonds. The predicted octanol–water partition coefficient (Wildman–Crippen LogP) is 3.00. The number of amides is 1. The van der Waals surface area contributed by atoms with E-state index in [1.165, 1.54) is 6.07 Å². The molecule has 1 aliphatic heterocycles. The second kappa shape index (κ2) is 6.52. The van der Waals surface area contributed by atoms with Crippen molar-refractivity contribution in [2.45, 2.75) is 32.7 Å². The van der Waals surface area contributed by atoms with E-state index in [1.54, 1.807) is 17.9 Å². The van der Waals surface area contributed by atoms with Crippen LogP contribution in [0.15, 0.2) is 12.1 Å². The normalized spacial score (nSPS) is 15.7. The van der Waals surface area contributed by atoms with Gasteiger partial charge in [0.1, 0.15) is 0 Å². The summed E-state index contributed by atoms with van der Waals surface area (Å²) in [5.74, 6) is 0.0722. The number of rotatable bonds is 3. The molecule has 0 aromatic heterocycles. The van der Waals surface area contributed by atoms with Gasteiger partial charge in [0.25, 0.3) is 5.69 Å². The molecule has 1 saturated heterocycles. The van der Waals surface area contributed by atoms with Gasteiger partial charge in [0.2, 0.25) is 5.91 Å². The highest BCUT2D eigenvalue weighted by molar-refractivity contribution is 6.33. The summed E-state index contributed by atoms with van der Waals surface area (Å²) in [7, 11) is 1.83. The molecule has 1 aromatic rings. The van der Waals surface area contributed by atoms with Gasteiger partial charge in [0.05, 0.1) is 15.6 Å². The molecule has 0 N–H and O–H groups in total. The van der Waals surface area contributed by atoms with E-state index >= 15 is 0 Å². The van der Waals surface area contributed by atoms with Crippen molar-refractivity contribution >= 4 is 28.9 Å². The zero-order chi connectivity index (χ0) is 16.4. The third-order valence-corrected chi connectivity index (χ3v) is 4.56. The maximum atomic E-state index is 11.4. The van der Waals surface area contributed by atoms with Crippen LogP contribution in [0.4, 0.5) is 11.4 Å². The quantitative estimate of drug-likeness (QED) is 0.633. The van der Waals surface area contributed by atoms with Crippen LogP contribution in [0.25, 0.3) is 0 Å². The Morgan fingerprint density at radius 3 is 2.45 bits per heavy atom. The number of piperidine rings is 1. The van der Waals surface area contributed by atoms with E-state index in [9.17, 15) is 14.9 Å². The molecule has 1 heterocycles. The zero-order valence-electron chi connectivity index (χ0n) is 13.0. The van der Waals surface area contributed by atoms with Crippen LogP contribution in [-0.4, -0.2) is 41.9 Å². The second-order valence-corrected chi connectivity index (χ2v) is 6.11. The fraction of sp³-hybridized carbons (Fsp3) is 0.533. The van der Waals surface area contributed by atoms with Crippen molar-refractivity contribution in [2.24, 2.45) is 0 Å². The van der Waals surface area contributed by atoms with Crippen LogP contribution in [0.3, 0.4) is 0 Å². The smallest absolute Gasteiger partial charge is 0.271 e. The van der Waals surface area contributed by atoms with Crippen LogP contribution in [0.1, 0.15) is 25.3 Å². The molecule has 120 valence electrons. The van der Waals surface area contributed by atoms with Gasteiger partial charge in [-0.1, -0.05) is 11.6 Å². The lowest BCUT2D eigenvalue weighted by molar-refractivity contribution is -0.384. The van der Waals surface area contributed by atoms with E-state index in [4.69, 9.17) is 11.6 Å². The standard InChI is InChI=1S/C15H20ClN3O3/c1-10-8-13(19(21)22)9-14(16)15(10)18-6-4-12(5-7-18)17(3)11(2)20/h8-9,12H,4-7H2,1-3H3. The number of non-ortho nitro benzene ring substituents is 1. The number of carbonyl (C=O) groups excluding carboxylic acids is 1. The molecule has 0 atom stereocenters. The number of hydrogen-bond acceptors (Lipinski definition) is 4. The molecular formula is C15H20ClN3O3. The largest absolute Gasteiger partial charge is 0.370 e. The number of benzene rings is 1. The molecule has 1 aromatic carbocycles. The number of halogens is 1. The van der Waals surface area contributed by atoms with Gasteiger partial charge in [-0.2, -0.15) is 0 Å². The van der Waals surface area contributed by atoms with Crippen molar-refractivity contribution in [3.05, 3.63) is 32.8 Å². The monoisotopic (exact) mass is 325 g/mol. The molecule has 0 radical (unpaired) electrons. The van der Waals surface area contributed by atoms with E-state index in [2.05, 4.69) is 4.90 Å². The molecule has 0 unspecified atom stereocenters. The van der Waals surface area contributed by atoms with Crippen LogP contribution in [0, 0.1) is 17.0 Å². The Hall–Kier alpha value is -1.82. The number of aryl methyl sites for hydroxylation is 1. The minimum absolute atomic E-state index is 0.0115. The Morgan fingerprint density at radius 2 is 2.00 bits per heavy atom. The summed E-state index contributed by atoms with van der Waals surface area (Å²) in [5.41, 5.74) is 1.67. The van der Waals surface area contributed by atoms with Crippen molar-refractivity contribution in [1.82, 2.24) is 4.90 Å². The lowest BCUT2D eigenvalue weighted by Gasteiger charge is -2.38. The fourth-order valence-corrected chi connectivity index (χ4v) is 3.34. The Labute approximate surface area is 134 Å². The number of nitrogens with zero attached hydrogens (tertiary/aromatic N) is 3. The van der Waals surface area contributed by atoms with E-state index < -0.39 is 4.92 Å². The van der Waals surface area contributed by atoms with E-state index in [0.29, 0.717) is 5.02 Å². The lowest BCUT2D eigenvalue weighted by atomic mass is 10.0. The molecule has 6 nitrogen and oxygen atoms in total. The van der Waals surface area contributed by atoms with Gasteiger partial charge in [-0.05, 0) is 25.3 Å². The van der Waals surface area contributed by atoms with Crippen LogP contribution in [-0.2, 0) is 4.79 Å². The van der Waals surface area contributed by atoms with Crippen LogP contribution < -0.4 is 4.90 Å². The molecule has 22 heavy (non-hydrogen) atoms. The predicted molar refractivity (Wildman–Crippen MR) is 86.5 cm³/mol. The number of hydrogen-bond donors (Lipinski definition) is 0. The second-order valence-electron chi connectivity index (χ2n) is 5.70. The molecule has 7 heteroatoms. The fourth-order valence-electron chi connectivity index (χ4n) is 2.96. The highest BCUT2D eigenvalue weighted by Gasteiger charge is 2.26. The first kappa shape index (κ1) is 16.5. The first-order valence-corrected chi connectivity index (χ1v) is 7.62. The maximum Gasteiger partial charge on any atom is 0.271 e. The summed E-state index contributed by atoms with van der Waals surface area (Å²) in [5, 5.41) is 11.3. The maximum absolute atomic E-state index is 11.4. The topological polar surface area (TPSA) is 66.7 Å². The average Bonchev–Trinajstić information content (AvgIpc) is 2.46. The average molecular weight is 326 g/mol. The van der Waals surface area contributed by atoms with Gasteiger partial charge < -0.3 is 9.80 Å². The molecule has 2 rings (SSSR count). The van der Waals surface area contributed by atoms with E-state index in [1.807, 2.05) is 14.0 Å². The van der Waals surface area contributed by atoms with Crippen molar-refractivity contribution < 1.29 is 9.72 Å². The first-order valence-electron chi connectivity index (χ1n) is 7.24.